The zero-order valence-corrected chi connectivity index (χ0v) is 20.2. The molecular formula is C24H21N5O2S2. The summed E-state index contributed by atoms with van der Waals surface area (Å²) in [5, 5.41) is 1.40. The van der Waals surface area contributed by atoms with Crippen LogP contribution in [0, 0.1) is 20.8 Å². The molecule has 1 N–H and O–H groups in total. The van der Waals surface area contributed by atoms with Crippen molar-refractivity contribution in [3.8, 4) is 5.82 Å². The van der Waals surface area contributed by atoms with E-state index in [4.69, 9.17) is 9.97 Å². The Morgan fingerprint density at radius 1 is 1.09 bits per heavy atom. The highest BCUT2D eigenvalue weighted by Gasteiger charge is 2.20. The lowest BCUT2D eigenvalue weighted by atomic mass is 10.2. The summed E-state index contributed by atoms with van der Waals surface area (Å²) in [6.07, 6.45) is 1.68. The molecule has 0 fully saturated rings. The van der Waals surface area contributed by atoms with Gasteiger partial charge in [0.1, 0.15) is 16.5 Å². The molecule has 1 atom stereocenters. The number of nitrogens with zero attached hydrogens (tertiary/aromatic N) is 4. The van der Waals surface area contributed by atoms with Gasteiger partial charge in [-0.2, -0.15) is 0 Å². The highest BCUT2D eigenvalue weighted by atomic mass is 32.2. The molecule has 7 nitrogen and oxygen atoms in total. The first-order chi connectivity index (χ1) is 15.8. The summed E-state index contributed by atoms with van der Waals surface area (Å²) in [4.78, 5) is 44.9. The fourth-order valence-electron chi connectivity index (χ4n) is 3.71. The van der Waals surface area contributed by atoms with Gasteiger partial charge in [0.15, 0.2) is 5.16 Å². The van der Waals surface area contributed by atoms with Crippen molar-refractivity contribution >= 4 is 44.2 Å². The van der Waals surface area contributed by atoms with Crippen LogP contribution in [0.2, 0.25) is 0 Å². The molecule has 0 radical (unpaired) electrons. The number of benzene rings is 1. The fourth-order valence-corrected chi connectivity index (χ4v) is 5.72. The zero-order valence-electron chi connectivity index (χ0n) is 18.5. The van der Waals surface area contributed by atoms with Gasteiger partial charge in [0, 0.05) is 11.1 Å². The minimum Gasteiger partial charge on any atom is -0.309 e. The van der Waals surface area contributed by atoms with Crippen molar-refractivity contribution in [3.63, 3.8) is 0 Å². The minimum atomic E-state index is -0.256. The molecule has 0 aliphatic carbocycles. The second kappa shape index (κ2) is 8.24. The van der Waals surface area contributed by atoms with Gasteiger partial charge in [0.25, 0.3) is 11.1 Å². The number of nitrogens with one attached hydrogen (secondary N) is 1. The largest absolute Gasteiger partial charge is 0.309 e. The maximum Gasteiger partial charge on any atom is 0.267 e. The second-order valence-corrected chi connectivity index (χ2v) is 10.4. The van der Waals surface area contributed by atoms with E-state index in [9.17, 15) is 9.59 Å². The monoisotopic (exact) mass is 475 g/mol. The maximum absolute atomic E-state index is 13.4. The molecule has 1 aromatic carbocycles. The number of aromatic nitrogens is 5. The quantitative estimate of drug-likeness (QED) is 0.295. The molecule has 4 heterocycles. The predicted octanol–water partition coefficient (Wildman–Crippen LogP) is 4.86. The van der Waals surface area contributed by atoms with Crippen LogP contribution < -0.4 is 11.1 Å². The van der Waals surface area contributed by atoms with E-state index in [1.165, 1.54) is 27.7 Å². The number of H-pyrrole nitrogens is 1. The number of fused-ring (bicyclic) bond motifs is 2. The van der Waals surface area contributed by atoms with Gasteiger partial charge in [-0.25, -0.2) is 19.5 Å². The number of rotatable bonds is 4. The molecule has 0 aliphatic rings. The van der Waals surface area contributed by atoms with Gasteiger partial charge in [0.2, 0.25) is 0 Å². The SMILES string of the molecule is Cc1ccnc(-n2c(SC(C)c3nc4sc(C)c(C)c4c(=O)[nH]3)nc3ccccc3c2=O)c1. The van der Waals surface area contributed by atoms with Gasteiger partial charge < -0.3 is 4.98 Å². The van der Waals surface area contributed by atoms with Crippen molar-refractivity contribution in [2.75, 3.05) is 0 Å². The average molecular weight is 476 g/mol. The van der Waals surface area contributed by atoms with Crippen LogP contribution in [0.5, 0.6) is 0 Å². The van der Waals surface area contributed by atoms with Crippen molar-refractivity contribution in [3.05, 3.63) is 85.1 Å². The first-order valence-corrected chi connectivity index (χ1v) is 12.1. The number of thiophene rings is 1. The van der Waals surface area contributed by atoms with E-state index < -0.39 is 0 Å². The van der Waals surface area contributed by atoms with Crippen LogP contribution in [0.3, 0.4) is 0 Å². The number of hydrogen-bond donors (Lipinski definition) is 1. The van der Waals surface area contributed by atoms with Gasteiger partial charge in [-0.1, -0.05) is 23.9 Å². The molecule has 0 aliphatic heterocycles. The Morgan fingerprint density at radius 2 is 1.88 bits per heavy atom. The van der Waals surface area contributed by atoms with Crippen LogP contribution in [-0.2, 0) is 0 Å². The Bertz CT molecular complexity index is 1650. The Morgan fingerprint density at radius 3 is 2.67 bits per heavy atom. The minimum absolute atomic E-state index is 0.145. The molecule has 4 aromatic heterocycles. The van der Waals surface area contributed by atoms with Gasteiger partial charge in [-0.05, 0) is 63.1 Å². The third kappa shape index (κ3) is 3.77. The average Bonchev–Trinajstić information content (AvgIpc) is 3.07. The molecule has 0 amide bonds. The second-order valence-electron chi connectivity index (χ2n) is 7.92. The highest BCUT2D eigenvalue weighted by molar-refractivity contribution is 7.99. The summed E-state index contributed by atoms with van der Waals surface area (Å²) in [5.74, 6) is 1.05. The Kier molecular flexibility index (Phi) is 5.38. The molecule has 33 heavy (non-hydrogen) atoms. The van der Waals surface area contributed by atoms with Crippen LogP contribution in [0.1, 0.15) is 34.0 Å². The topological polar surface area (TPSA) is 93.5 Å². The third-order valence-corrected chi connectivity index (χ3v) is 7.76. The standard InChI is InChI=1S/C24H21N5O2S2/c1-12-9-10-25-18(11-12)29-23(31)16-7-5-6-8-17(16)26-24(29)33-15(4)20-27-21(30)19-13(2)14(3)32-22(19)28-20/h5-11,15H,1-4H3,(H,27,28,30). The van der Waals surface area contributed by atoms with Gasteiger partial charge in [0.05, 0.1) is 21.5 Å². The molecule has 166 valence electrons. The summed E-state index contributed by atoms with van der Waals surface area (Å²) < 4.78 is 1.53. The fraction of sp³-hybridized carbons (Fsp3) is 0.208. The van der Waals surface area contributed by atoms with Crippen LogP contribution in [0.25, 0.3) is 26.9 Å². The molecule has 0 saturated heterocycles. The lowest BCUT2D eigenvalue weighted by Gasteiger charge is -2.16. The van der Waals surface area contributed by atoms with E-state index in [0.29, 0.717) is 33.1 Å². The smallest absolute Gasteiger partial charge is 0.267 e. The number of para-hydroxylation sites is 1. The number of thioether (sulfide) groups is 1. The summed E-state index contributed by atoms with van der Waals surface area (Å²) in [7, 11) is 0. The molecule has 0 spiro atoms. The molecule has 0 saturated carbocycles. The van der Waals surface area contributed by atoms with E-state index in [-0.39, 0.29) is 16.4 Å². The van der Waals surface area contributed by atoms with Gasteiger partial charge in [-0.15, -0.1) is 11.3 Å². The summed E-state index contributed by atoms with van der Waals surface area (Å²) in [6.45, 7) is 7.83. The molecule has 5 rings (SSSR count). The normalized spacial score (nSPS) is 12.5. The Hall–Kier alpha value is -3.30. The Balaban J connectivity index is 1.66. The van der Waals surface area contributed by atoms with Crippen LogP contribution in [-0.4, -0.2) is 24.5 Å². The van der Waals surface area contributed by atoms with E-state index in [1.807, 2.05) is 58.0 Å². The lowest BCUT2D eigenvalue weighted by Crippen LogP contribution is -2.23. The summed E-state index contributed by atoms with van der Waals surface area (Å²) >= 11 is 2.88. The predicted molar refractivity (Wildman–Crippen MR) is 134 cm³/mol. The van der Waals surface area contributed by atoms with Gasteiger partial charge in [-0.3, -0.25) is 9.59 Å². The molecule has 5 aromatic rings. The highest BCUT2D eigenvalue weighted by Crippen LogP contribution is 2.34. The van der Waals surface area contributed by atoms with Gasteiger partial charge >= 0.3 is 0 Å². The van der Waals surface area contributed by atoms with Crippen molar-refractivity contribution in [1.29, 1.82) is 0 Å². The molecule has 0 bridgehead atoms. The molecule has 9 heteroatoms. The lowest BCUT2D eigenvalue weighted by molar-refractivity contribution is 0.787. The number of aryl methyl sites for hydroxylation is 3. The van der Waals surface area contributed by atoms with Crippen molar-refractivity contribution < 1.29 is 0 Å². The molecule has 1 unspecified atom stereocenters. The number of aromatic amines is 1. The van der Waals surface area contributed by atoms with E-state index in [1.54, 1.807) is 12.3 Å². The third-order valence-electron chi connectivity index (χ3n) is 5.60. The van der Waals surface area contributed by atoms with E-state index in [2.05, 4.69) is 9.97 Å². The summed E-state index contributed by atoms with van der Waals surface area (Å²) in [5.41, 5.74) is 2.24. The van der Waals surface area contributed by atoms with E-state index in [0.717, 1.165) is 20.8 Å². The van der Waals surface area contributed by atoms with E-state index >= 15 is 0 Å². The van der Waals surface area contributed by atoms with Crippen LogP contribution in [0.15, 0.2) is 57.3 Å². The van der Waals surface area contributed by atoms with Crippen LogP contribution >= 0.6 is 23.1 Å². The zero-order chi connectivity index (χ0) is 23.3. The maximum atomic E-state index is 13.4. The first-order valence-electron chi connectivity index (χ1n) is 10.4. The first kappa shape index (κ1) is 21.5. The Labute approximate surface area is 197 Å². The van der Waals surface area contributed by atoms with Crippen molar-refractivity contribution in [1.82, 2.24) is 24.5 Å². The van der Waals surface area contributed by atoms with Crippen molar-refractivity contribution in [2.45, 2.75) is 38.1 Å². The summed E-state index contributed by atoms with van der Waals surface area (Å²) in [6, 6.07) is 11.0. The van der Waals surface area contributed by atoms with Crippen molar-refractivity contribution in [2.24, 2.45) is 0 Å². The number of hydrogen-bond acceptors (Lipinski definition) is 7. The van der Waals surface area contributed by atoms with Crippen LogP contribution in [0.4, 0.5) is 0 Å². The molecular weight excluding hydrogens is 454 g/mol. The number of pyridine rings is 1.